The molecule has 0 amide bonds. The molecule has 0 fully saturated rings. The summed E-state index contributed by atoms with van der Waals surface area (Å²) < 4.78 is 4.89. The SMILES string of the molecule is CCN1C(=CC=C2CCn3c2[n+](CC)c2ccccc23)N(CC)c2cc(C#N)ccc21.[I-]. The van der Waals surface area contributed by atoms with Crippen LogP contribution in [0.25, 0.3) is 16.6 Å². The summed E-state index contributed by atoms with van der Waals surface area (Å²) in [6, 6.07) is 17.0. The summed E-state index contributed by atoms with van der Waals surface area (Å²) in [5.74, 6) is 2.51. The van der Waals surface area contributed by atoms with Crippen molar-refractivity contribution in [1.82, 2.24) is 4.57 Å². The van der Waals surface area contributed by atoms with Crippen LogP contribution in [0.4, 0.5) is 11.4 Å². The van der Waals surface area contributed by atoms with Crippen LogP contribution in [0.5, 0.6) is 0 Å². The van der Waals surface area contributed by atoms with Crippen LogP contribution >= 0.6 is 0 Å². The molecule has 3 heterocycles. The first kappa shape index (κ1) is 22.4. The number of para-hydroxylation sites is 2. The molecule has 0 N–H and O–H groups in total. The highest BCUT2D eigenvalue weighted by Crippen LogP contribution is 2.42. The molecule has 0 saturated heterocycles. The van der Waals surface area contributed by atoms with E-state index in [0.717, 1.165) is 38.3 Å². The fourth-order valence-electron chi connectivity index (χ4n) is 5.14. The van der Waals surface area contributed by atoms with E-state index in [9.17, 15) is 5.26 Å². The molecular weight excluding hydrogens is 509 g/mol. The van der Waals surface area contributed by atoms with Crippen molar-refractivity contribution in [3.8, 4) is 6.07 Å². The number of hydrogen-bond donors (Lipinski definition) is 0. The van der Waals surface area contributed by atoms with Gasteiger partial charge in [0.1, 0.15) is 5.82 Å². The number of hydrogen-bond acceptors (Lipinski definition) is 3. The minimum absolute atomic E-state index is 0. The molecule has 0 saturated carbocycles. The summed E-state index contributed by atoms with van der Waals surface area (Å²) in [5, 5.41) is 9.36. The van der Waals surface area contributed by atoms with E-state index in [4.69, 9.17) is 0 Å². The maximum Gasteiger partial charge on any atom is 0.285 e. The van der Waals surface area contributed by atoms with Crippen molar-refractivity contribution in [2.24, 2.45) is 0 Å². The van der Waals surface area contributed by atoms with Crippen molar-refractivity contribution in [3.63, 3.8) is 0 Å². The van der Waals surface area contributed by atoms with Gasteiger partial charge in [-0.15, -0.1) is 0 Å². The molecule has 0 radical (unpaired) electrons. The third-order valence-electron chi connectivity index (χ3n) is 6.49. The van der Waals surface area contributed by atoms with Gasteiger partial charge < -0.3 is 33.8 Å². The second-order valence-corrected chi connectivity index (χ2v) is 7.98. The van der Waals surface area contributed by atoms with Crippen LogP contribution in [0.15, 0.2) is 60.4 Å². The van der Waals surface area contributed by atoms with Crippen LogP contribution in [0, 0.1) is 11.3 Å². The van der Waals surface area contributed by atoms with Gasteiger partial charge in [0.15, 0.2) is 11.0 Å². The van der Waals surface area contributed by atoms with Gasteiger partial charge in [0.05, 0.1) is 36.1 Å². The van der Waals surface area contributed by atoms with Gasteiger partial charge in [0.2, 0.25) is 0 Å². The Hall–Kier alpha value is -2.79. The van der Waals surface area contributed by atoms with E-state index in [2.05, 4.69) is 88.3 Å². The molecule has 2 aliphatic rings. The summed E-state index contributed by atoms with van der Waals surface area (Å²) in [6.45, 7) is 10.3. The number of anilines is 2. The first-order chi connectivity index (χ1) is 15.2. The van der Waals surface area contributed by atoms with Crippen molar-refractivity contribution >= 4 is 28.0 Å². The topological polar surface area (TPSA) is 39.1 Å². The molecular formula is C26H28IN5. The third kappa shape index (κ3) is 3.30. The molecule has 2 aromatic carbocycles. The van der Waals surface area contributed by atoms with Crippen molar-refractivity contribution in [3.05, 3.63) is 71.8 Å². The molecule has 1 aromatic heterocycles. The first-order valence-electron chi connectivity index (χ1n) is 11.2. The van der Waals surface area contributed by atoms with Gasteiger partial charge in [-0.3, -0.25) is 0 Å². The van der Waals surface area contributed by atoms with E-state index in [1.807, 2.05) is 12.1 Å². The van der Waals surface area contributed by atoms with Gasteiger partial charge in [0, 0.05) is 25.1 Å². The van der Waals surface area contributed by atoms with Crippen LogP contribution in [0.3, 0.4) is 0 Å². The van der Waals surface area contributed by atoms with Crippen LogP contribution in [-0.2, 0) is 13.1 Å². The van der Waals surface area contributed by atoms with E-state index in [0.29, 0.717) is 5.56 Å². The van der Waals surface area contributed by atoms with Crippen LogP contribution < -0.4 is 38.3 Å². The summed E-state index contributed by atoms with van der Waals surface area (Å²) in [5.41, 5.74) is 7.01. The van der Waals surface area contributed by atoms with Gasteiger partial charge in [-0.05, 0) is 63.3 Å². The highest BCUT2D eigenvalue weighted by atomic mass is 127. The van der Waals surface area contributed by atoms with Crippen LogP contribution in [0.1, 0.15) is 38.6 Å². The van der Waals surface area contributed by atoms with Crippen molar-refractivity contribution in [2.75, 3.05) is 22.9 Å². The maximum atomic E-state index is 9.36. The molecule has 0 bridgehead atoms. The molecule has 0 aliphatic carbocycles. The second kappa shape index (κ2) is 8.99. The molecule has 5 rings (SSSR count). The summed E-state index contributed by atoms with van der Waals surface area (Å²) >= 11 is 0. The summed E-state index contributed by atoms with van der Waals surface area (Å²) in [4.78, 5) is 4.66. The lowest BCUT2D eigenvalue weighted by atomic mass is 10.2. The number of imidazole rings is 1. The Morgan fingerprint density at radius 3 is 2.47 bits per heavy atom. The molecule has 32 heavy (non-hydrogen) atoms. The fourth-order valence-corrected chi connectivity index (χ4v) is 5.14. The monoisotopic (exact) mass is 537 g/mol. The van der Waals surface area contributed by atoms with E-state index < -0.39 is 0 Å². The molecule has 0 atom stereocenters. The summed E-state index contributed by atoms with van der Waals surface area (Å²) in [7, 11) is 0. The number of nitrogens with zero attached hydrogens (tertiary/aromatic N) is 5. The van der Waals surface area contributed by atoms with Crippen LogP contribution in [-0.4, -0.2) is 17.7 Å². The highest BCUT2D eigenvalue weighted by Gasteiger charge is 2.33. The fraction of sp³-hybridized carbons (Fsp3) is 0.308. The summed E-state index contributed by atoms with van der Waals surface area (Å²) in [6.07, 6.45) is 5.62. The predicted octanol–water partition coefficient (Wildman–Crippen LogP) is 1.82. The molecule has 5 nitrogen and oxygen atoms in total. The van der Waals surface area contributed by atoms with Crippen LogP contribution in [0.2, 0.25) is 0 Å². The van der Waals surface area contributed by atoms with Gasteiger partial charge in [0.25, 0.3) is 5.82 Å². The second-order valence-electron chi connectivity index (χ2n) is 7.98. The normalized spacial score (nSPS) is 17.1. The number of benzene rings is 2. The third-order valence-corrected chi connectivity index (χ3v) is 6.49. The molecule has 0 unspecified atom stereocenters. The Bertz CT molecular complexity index is 1260. The number of fused-ring (bicyclic) bond motifs is 4. The zero-order valence-electron chi connectivity index (χ0n) is 18.8. The van der Waals surface area contributed by atoms with Gasteiger partial charge in [-0.25, -0.2) is 9.13 Å². The quantitative estimate of drug-likeness (QED) is 0.377. The minimum atomic E-state index is 0. The lowest BCUT2D eigenvalue weighted by Gasteiger charge is -2.23. The Kier molecular flexibility index (Phi) is 6.29. The number of aryl methyl sites for hydroxylation is 2. The van der Waals surface area contributed by atoms with E-state index in [1.54, 1.807) is 0 Å². The van der Waals surface area contributed by atoms with E-state index in [1.165, 1.54) is 33.9 Å². The maximum absolute atomic E-state index is 9.36. The molecule has 6 heteroatoms. The Morgan fingerprint density at radius 2 is 1.75 bits per heavy atom. The molecule has 0 spiro atoms. The zero-order valence-corrected chi connectivity index (χ0v) is 21.0. The Morgan fingerprint density at radius 1 is 1.00 bits per heavy atom. The molecule has 164 valence electrons. The standard InChI is InChI=1S/C26H28N5.HI/c1-4-28-23-13-11-19(18-27)17-24(23)29(5-2)25(28)14-12-20-15-16-31-22-10-8-7-9-21(22)30(6-3)26(20)31;/h7-14,17H,4-6,15-16H2,1-3H3;1H/q+1;/p-1. The number of aromatic nitrogens is 2. The van der Waals surface area contributed by atoms with E-state index >= 15 is 0 Å². The van der Waals surface area contributed by atoms with Gasteiger partial charge >= 0.3 is 0 Å². The zero-order chi connectivity index (χ0) is 21.5. The van der Waals surface area contributed by atoms with Crippen molar-refractivity contribution in [2.45, 2.75) is 40.3 Å². The minimum Gasteiger partial charge on any atom is -1.00 e. The van der Waals surface area contributed by atoms with Crippen molar-refractivity contribution < 1.29 is 28.5 Å². The number of rotatable bonds is 4. The van der Waals surface area contributed by atoms with Gasteiger partial charge in [-0.2, -0.15) is 5.26 Å². The average Bonchev–Trinajstić information content (AvgIpc) is 3.45. The number of halogens is 1. The lowest BCUT2D eigenvalue weighted by molar-refractivity contribution is -0.670. The van der Waals surface area contributed by atoms with E-state index in [-0.39, 0.29) is 24.0 Å². The smallest absolute Gasteiger partial charge is 0.285 e. The number of allylic oxidation sites excluding steroid dienone is 3. The van der Waals surface area contributed by atoms with Crippen molar-refractivity contribution in [1.29, 1.82) is 5.26 Å². The average molecular weight is 537 g/mol. The largest absolute Gasteiger partial charge is 1.00 e. The Labute approximate surface area is 206 Å². The molecule has 2 aliphatic heterocycles. The van der Waals surface area contributed by atoms with Gasteiger partial charge in [-0.1, -0.05) is 12.1 Å². The highest BCUT2D eigenvalue weighted by molar-refractivity contribution is 5.84. The molecule has 3 aromatic rings. The Balaban J connectivity index is 0.00000245. The number of nitriles is 1. The predicted molar refractivity (Wildman–Crippen MR) is 126 cm³/mol. The lowest BCUT2D eigenvalue weighted by Crippen LogP contribution is -3.00. The first-order valence-corrected chi connectivity index (χ1v) is 11.2.